The normalized spacial score (nSPS) is 19.3. The van der Waals surface area contributed by atoms with E-state index >= 15 is 0 Å². The number of amides is 2. The molecule has 1 saturated heterocycles. The van der Waals surface area contributed by atoms with Gasteiger partial charge in [0.1, 0.15) is 17.8 Å². The highest BCUT2D eigenvalue weighted by Crippen LogP contribution is 2.23. The number of likely N-dealkylation sites (tertiary alicyclic amines) is 1. The maximum atomic E-state index is 12.8. The molecule has 2 amide bonds. The first-order valence-electron chi connectivity index (χ1n) is 9.61. The molecule has 6 N–H and O–H groups in total. The summed E-state index contributed by atoms with van der Waals surface area (Å²) >= 11 is 0. The van der Waals surface area contributed by atoms with Gasteiger partial charge in [-0.15, -0.1) is 0 Å². The number of phenols is 1. The number of aliphatic hydroxyl groups excluding tert-OH is 1. The van der Waals surface area contributed by atoms with Crippen LogP contribution in [0, 0.1) is 0 Å². The van der Waals surface area contributed by atoms with E-state index in [4.69, 9.17) is 10.3 Å². The van der Waals surface area contributed by atoms with Gasteiger partial charge < -0.3 is 35.8 Å². The second-order valence-electron chi connectivity index (χ2n) is 7.32. The number of carboxylic acids is 1. The smallest absolute Gasteiger partial charge is 0.326 e. The van der Waals surface area contributed by atoms with Crippen LogP contribution in [0.5, 0.6) is 5.75 Å². The van der Waals surface area contributed by atoms with E-state index in [-0.39, 0.29) is 23.9 Å². The summed E-state index contributed by atoms with van der Waals surface area (Å²) in [6.07, 6.45) is 0.338. The van der Waals surface area contributed by atoms with Crippen molar-refractivity contribution in [1.29, 1.82) is 0 Å². The molecule has 11 nitrogen and oxygen atoms in total. The number of hydrogen-bond acceptors (Lipinski definition) is 8. The Morgan fingerprint density at radius 2 is 2.07 bits per heavy atom. The van der Waals surface area contributed by atoms with Gasteiger partial charge in [0.05, 0.1) is 12.1 Å². The lowest BCUT2D eigenvalue weighted by Crippen LogP contribution is -2.47. The molecule has 1 aliphatic heterocycles. The lowest BCUT2D eigenvalue weighted by atomic mass is 10.1. The lowest BCUT2D eigenvalue weighted by molar-refractivity contribution is -0.141. The zero-order valence-corrected chi connectivity index (χ0v) is 16.4. The Hall–Kier alpha value is -3.18. The number of aromatic hydroxyl groups is 1. The molecule has 0 spiro atoms. The molecule has 4 atom stereocenters. The Labute approximate surface area is 172 Å². The third kappa shape index (κ3) is 4.86. The van der Waals surface area contributed by atoms with Crippen molar-refractivity contribution in [3.05, 3.63) is 41.5 Å². The van der Waals surface area contributed by atoms with Gasteiger partial charge in [-0.25, -0.2) is 9.59 Å². The SMILES string of the molecule is CC(O)[C@H](N)c1noc([C@H](Cc2ccc(O)cc2)NC(=O)N2CCC[C@H]2C(=O)O)n1. The van der Waals surface area contributed by atoms with Crippen LogP contribution >= 0.6 is 0 Å². The number of carboxylic acid groups (broad SMARTS) is 1. The standard InChI is InChI=1S/C19H25N5O6/c1-10(25)15(20)16-22-17(30-23-16)13(9-11-4-6-12(26)7-5-11)21-19(29)24-8-2-3-14(24)18(27)28/h4-7,10,13-15,25-26H,2-3,8-9,20H2,1H3,(H,21,29)(H,27,28)/t10?,13-,14-,15-/m0/s1. The molecule has 30 heavy (non-hydrogen) atoms. The van der Waals surface area contributed by atoms with E-state index < -0.39 is 36.2 Å². The van der Waals surface area contributed by atoms with Gasteiger partial charge in [-0.2, -0.15) is 4.98 Å². The molecule has 0 saturated carbocycles. The fourth-order valence-electron chi connectivity index (χ4n) is 3.31. The summed E-state index contributed by atoms with van der Waals surface area (Å²) in [7, 11) is 0. The van der Waals surface area contributed by atoms with E-state index in [0.717, 1.165) is 5.56 Å². The van der Waals surface area contributed by atoms with Gasteiger partial charge in [-0.1, -0.05) is 17.3 Å². The fraction of sp³-hybridized carbons (Fsp3) is 0.474. The van der Waals surface area contributed by atoms with E-state index in [1.54, 1.807) is 12.1 Å². The number of carbonyl (C=O) groups is 2. The molecule has 0 radical (unpaired) electrons. The number of hydrogen-bond donors (Lipinski definition) is 5. The van der Waals surface area contributed by atoms with Crippen molar-refractivity contribution in [3.8, 4) is 5.75 Å². The quantitative estimate of drug-likeness (QED) is 0.432. The third-order valence-corrected chi connectivity index (χ3v) is 5.05. The van der Waals surface area contributed by atoms with Crippen molar-refractivity contribution in [3.63, 3.8) is 0 Å². The molecule has 11 heteroatoms. The minimum atomic E-state index is -1.05. The van der Waals surface area contributed by atoms with Gasteiger partial charge >= 0.3 is 12.0 Å². The van der Waals surface area contributed by atoms with Crippen molar-refractivity contribution < 1.29 is 29.4 Å². The van der Waals surface area contributed by atoms with E-state index in [0.29, 0.717) is 19.4 Å². The number of nitrogens with two attached hydrogens (primary N) is 1. The predicted molar refractivity (Wildman–Crippen MR) is 103 cm³/mol. The minimum Gasteiger partial charge on any atom is -0.508 e. The van der Waals surface area contributed by atoms with Crippen LogP contribution in [0.4, 0.5) is 4.79 Å². The van der Waals surface area contributed by atoms with Crippen LogP contribution < -0.4 is 11.1 Å². The number of aliphatic hydroxyl groups is 1. The molecule has 3 rings (SSSR count). The number of benzene rings is 1. The van der Waals surface area contributed by atoms with E-state index in [9.17, 15) is 24.9 Å². The van der Waals surface area contributed by atoms with Crippen LogP contribution in [0.2, 0.25) is 0 Å². The topological polar surface area (TPSA) is 175 Å². The van der Waals surface area contributed by atoms with Crippen LogP contribution in [-0.2, 0) is 11.2 Å². The van der Waals surface area contributed by atoms with Gasteiger partial charge in [0.2, 0.25) is 5.89 Å². The molecule has 1 aromatic heterocycles. The monoisotopic (exact) mass is 419 g/mol. The Morgan fingerprint density at radius 3 is 2.70 bits per heavy atom. The zero-order valence-electron chi connectivity index (χ0n) is 16.4. The zero-order chi connectivity index (χ0) is 21.8. The highest BCUT2D eigenvalue weighted by molar-refractivity contribution is 5.83. The summed E-state index contributed by atoms with van der Waals surface area (Å²) in [5.41, 5.74) is 6.62. The fourth-order valence-corrected chi connectivity index (χ4v) is 3.31. The summed E-state index contributed by atoms with van der Waals surface area (Å²) in [5, 5.41) is 35.0. The molecule has 1 fully saturated rings. The molecule has 2 aromatic rings. The predicted octanol–water partition coefficient (Wildman–Crippen LogP) is 0.698. The van der Waals surface area contributed by atoms with Gasteiger partial charge in [0.15, 0.2) is 5.82 Å². The Kier molecular flexibility index (Phi) is 6.53. The van der Waals surface area contributed by atoms with Crippen molar-refractivity contribution in [2.45, 2.75) is 50.4 Å². The third-order valence-electron chi connectivity index (χ3n) is 5.05. The summed E-state index contributed by atoms with van der Waals surface area (Å²) < 4.78 is 5.28. The second kappa shape index (κ2) is 9.09. The highest BCUT2D eigenvalue weighted by atomic mass is 16.5. The largest absolute Gasteiger partial charge is 0.508 e. The first-order valence-corrected chi connectivity index (χ1v) is 9.61. The molecular weight excluding hydrogens is 394 g/mol. The van der Waals surface area contributed by atoms with E-state index in [2.05, 4.69) is 15.5 Å². The Bertz CT molecular complexity index is 884. The maximum Gasteiger partial charge on any atom is 0.326 e. The first kappa shape index (κ1) is 21.5. The summed E-state index contributed by atoms with van der Waals surface area (Å²) in [5.74, 6) is -0.785. The molecule has 1 aliphatic rings. The number of aromatic nitrogens is 2. The van der Waals surface area contributed by atoms with Crippen LogP contribution in [0.3, 0.4) is 0 Å². The van der Waals surface area contributed by atoms with Crippen molar-refractivity contribution in [2.24, 2.45) is 5.73 Å². The highest BCUT2D eigenvalue weighted by Gasteiger charge is 2.35. The Morgan fingerprint density at radius 1 is 1.37 bits per heavy atom. The number of rotatable bonds is 7. The average Bonchev–Trinajstić information content (AvgIpc) is 3.38. The number of carbonyl (C=O) groups excluding carboxylic acids is 1. The van der Waals surface area contributed by atoms with Crippen molar-refractivity contribution in [2.75, 3.05) is 6.54 Å². The summed E-state index contributed by atoms with van der Waals surface area (Å²) in [4.78, 5) is 29.7. The number of urea groups is 1. The maximum absolute atomic E-state index is 12.8. The lowest BCUT2D eigenvalue weighted by Gasteiger charge is -2.24. The van der Waals surface area contributed by atoms with Gasteiger partial charge in [0, 0.05) is 13.0 Å². The average molecular weight is 419 g/mol. The summed E-state index contributed by atoms with van der Waals surface area (Å²) in [6.45, 7) is 1.83. The Balaban J connectivity index is 1.83. The van der Waals surface area contributed by atoms with Crippen LogP contribution in [-0.4, -0.2) is 61.1 Å². The van der Waals surface area contributed by atoms with Crippen molar-refractivity contribution in [1.82, 2.24) is 20.4 Å². The second-order valence-corrected chi connectivity index (χ2v) is 7.32. The summed E-state index contributed by atoms with van der Waals surface area (Å²) in [6, 6.07) is 3.33. The van der Waals surface area contributed by atoms with E-state index in [1.165, 1.54) is 24.0 Å². The number of nitrogens with one attached hydrogen (secondary N) is 1. The molecule has 1 aromatic carbocycles. The number of nitrogens with zero attached hydrogens (tertiary/aromatic N) is 3. The number of aliphatic carboxylic acids is 1. The molecule has 0 aliphatic carbocycles. The van der Waals surface area contributed by atoms with Crippen molar-refractivity contribution >= 4 is 12.0 Å². The van der Waals surface area contributed by atoms with Gasteiger partial charge in [0.25, 0.3) is 0 Å². The molecule has 1 unspecified atom stereocenters. The molecule has 0 bridgehead atoms. The van der Waals surface area contributed by atoms with Crippen LogP contribution in [0.15, 0.2) is 28.8 Å². The van der Waals surface area contributed by atoms with Crippen LogP contribution in [0.25, 0.3) is 0 Å². The van der Waals surface area contributed by atoms with Gasteiger partial charge in [-0.3, -0.25) is 0 Å². The minimum absolute atomic E-state index is 0.0774. The first-order chi connectivity index (χ1) is 14.3. The molecule has 162 valence electrons. The molecular formula is C19H25N5O6. The van der Waals surface area contributed by atoms with E-state index in [1.807, 2.05) is 0 Å². The van der Waals surface area contributed by atoms with Crippen LogP contribution in [0.1, 0.15) is 49.1 Å². The molecule has 2 heterocycles. The number of phenolic OH excluding ortho intramolecular Hbond substituents is 1. The van der Waals surface area contributed by atoms with Gasteiger partial charge in [-0.05, 0) is 37.5 Å².